The maximum atomic E-state index is 11.5. The fraction of sp³-hybridized carbons (Fsp3) is 0.600. The molecule has 2 N–H and O–H groups in total. The van der Waals surface area contributed by atoms with Crippen LogP contribution in [0.3, 0.4) is 0 Å². The maximum absolute atomic E-state index is 11.5. The summed E-state index contributed by atoms with van der Waals surface area (Å²) >= 11 is 0. The van der Waals surface area contributed by atoms with Gasteiger partial charge in [-0.1, -0.05) is 13.3 Å². The minimum absolute atomic E-state index is 0.0219. The Labute approximate surface area is 93.2 Å². The molecule has 1 amide bonds. The molecular weight excluding hydrogens is 214 g/mol. The van der Waals surface area contributed by atoms with E-state index in [0.717, 1.165) is 0 Å². The molecule has 0 aromatic heterocycles. The molecule has 0 fully saturated rings. The number of carboxylic acid groups (broad SMARTS) is 1. The zero-order valence-corrected chi connectivity index (χ0v) is 9.06. The van der Waals surface area contributed by atoms with E-state index in [1.54, 1.807) is 0 Å². The second-order valence-corrected chi connectivity index (χ2v) is 3.35. The first-order valence-corrected chi connectivity index (χ1v) is 5.13. The van der Waals surface area contributed by atoms with E-state index < -0.39 is 17.9 Å². The van der Waals surface area contributed by atoms with Crippen molar-refractivity contribution in [2.75, 3.05) is 13.2 Å². The third-order valence-corrected chi connectivity index (χ3v) is 2.05. The summed E-state index contributed by atoms with van der Waals surface area (Å²) in [5.74, 6) is -1.58. The Morgan fingerprint density at radius 1 is 1.56 bits per heavy atom. The molecule has 1 aliphatic heterocycles. The molecule has 90 valence electrons. The van der Waals surface area contributed by atoms with Crippen molar-refractivity contribution in [3.63, 3.8) is 0 Å². The van der Waals surface area contributed by atoms with Gasteiger partial charge in [-0.05, 0) is 6.42 Å². The van der Waals surface area contributed by atoms with Crippen LogP contribution in [0.25, 0.3) is 0 Å². The number of nitrogens with one attached hydrogen (secondary N) is 1. The van der Waals surface area contributed by atoms with E-state index in [1.165, 1.54) is 6.26 Å². The predicted molar refractivity (Wildman–Crippen MR) is 54.5 cm³/mol. The predicted octanol–water partition coefficient (Wildman–Crippen LogP) is 0.244. The first-order chi connectivity index (χ1) is 7.65. The van der Waals surface area contributed by atoms with Gasteiger partial charge in [0.05, 0.1) is 0 Å². The van der Waals surface area contributed by atoms with E-state index >= 15 is 0 Å². The summed E-state index contributed by atoms with van der Waals surface area (Å²) in [5.41, 5.74) is 0. The van der Waals surface area contributed by atoms with Crippen LogP contribution in [0.15, 0.2) is 12.0 Å². The number of carboxylic acids is 1. The summed E-state index contributed by atoms with van der Waals surface area (Å²) in [6.07, 6.45) is 2.26. The topological polar surface area (TPSA) is 84.9 Å². The lowest BCUT2D eigenvalue weighted by Gasteiger charge is -2.17. The zero-order chi connectivity index (χ0) is 12.0. The number of hydrogen-bond donors (Lipinski definition) is 2. The Bertz CT molecular complexity index is 300. The van der Waals surface area contributed by atoms with Crippen LogP contribution in [0.5, 0.6) is 0 Å². The summed E-state index contributed by atoms with van der Waals surface area (Å²) in [7, 11) is 0. The number of carbonyl (C=O) groups is 2. The minimum atomic E-state index is -1.05. The van der Waals surface area contributed by atoms with Crippen molar-refractivity contribution in [3.8, 4) is 0 Å². The van der Waals surface area contributed by atoms with Crippen molar-refractivity contribution in [1.82, 2.24) is 5.32 Å². The third-order valence-electron chi connectivity index (χ3n) is 2.05. The van der Waals surface area contributed by atoms with Crippen LogP contribution in [0.4, 0.5) is 0 Å². The lowest BCUT2D eigenvalue weighted by atomic mass is 10.1. The molecule has 0 aromatic carbocycles. The van der Waals surface area contributed by atoms with Crippen LogP contribution in [-0.4, -0.2) is 36.2 Å². The standard InChI is InChI=1S/C10H15NO5/c1-2-3-7(10(13)14)11-9(12)8-6-15-4-5-16-8/h6-7H,2-5H2,1H3,(H,11,12)(H,13,14)/t7-/m1/s1. The van der Waals surface area contributed by atoms with Gasteiger partial charge in [0.25, 0.3) is 5.91 Å². The quantitative estimate of drug-likeness (QED) is 0.705. The van der Waals surface area contributed by atoms with Gasteiger partial charge in [-0.25, -0.2) is 4.79 Å². The van der Waals surface area contributed by atoms with E-state index in [1.807, 2.05) is 6.92 Å². The van der Waals surface area contributed by atoms with Crippen molar-refractivity contribution < 1.29 is 24.2 Å². The van der Waals surface area contributed by atoms with Gasteiger partial charge in [-0.2, -0.15) is 0 Å². The maximum Gasteiger partial charge on any atom is 0.326 e. The van der Waals surface area contributed by atoms with E-state index in [-0.39, 0.29) is 5.76 Å². The lowest BCUT2D eigenvalue weighted by molar-refractivity contribution is -0.142. The smallest absolute Gasteiger partial charge is 0.326 e. The fourth-order valence-corrected chi connectivity index (χ4v) is 1.26. The Hall–Kier alpha value is -1.72. The highest BCUT2D eigenvalue weighted by molar-refractivity contribution is 5.94. The van der Waals surface area contributed by atoms with Gasteiger partial charge in [-0.3, -0.25) is 4.79 Å². The van der Waals surface area contributed by atoms with E-state index in [9.17, 15) is 9.59 Å². The van der Waals surface area contributed by atoms with Crippen LogP contribution in [0, 0.1) is 0 Å². The van der Waals surface area contributed by atoms with Crippen molar-refractivity contribution in [3.05, 3.63) is 12.0 Å². The van der Waals surface area contributed by atoms with E-state index in [0.29, 0.717) is 26.1 Å². The highest BCUT2D eigenvalue weighted by Gasteiger charge is 2.22. The van der Waals surface area contributed by atoms with Gasteiger partial charge >= 0.3 is 5.97 Å². The molecule has 0 saturated carbocycles. The SMILES string of the molecule is CCC[C@@H](NC(=O)C1=COCCO1)C(=O)O. The lowest BCUT2D eigenvalue weighted by Crippen LogP contribution is -2.42. The average Bonchev–Trinajstić information content (AvgIpc) is 2.29. The normalized spacial score (nSPS) is 16.4. The zero-order valence-electron chi connectivity index (χ0n) is 9.06. The van der Waals surface area contributed by atoms with Gasteiger partial charge in [0, 0.05) is 0 Å². The monoisotopic (exact) mass is 229 g/mol. The summed E-state index contributed by atoms with van der Waals surface area (Å²) in [6.45, 7) is 2.54. The molecule has 0 aliphatic carbocycles. The van der Waals surface area contributed by atoms with Crippen LogP contribution < -0.4 is 5.32 Å². The van der Waals surface area contributed by atoms with Gasteiger partial charge in [0.15, 0.2) is 0 Å². The fourth-order valence-electron chi connectivity index (χ4n) is 1.26. The number of amides is 1. The van der Waals surface area contributed by atoms with Gasteiger partial charge < -0.3 is 19.9 Å². The van der Waals surface area contributed by atoms with Crippen LogP contribution in [-0.2, 0) is 19.1 Å². The third kappa shape index (κ3) is 3.45. The molecule has 0 saturated heterocycles. The number of rotatable bonds is 5. The van der Waals surface area contributed by atoms with Crippen molar-refractivity contribution in [1.29, 1.82) is 0 Å². The number of ether oxygens (including phenoxy) is 2. The van der Waals surface area contributed by atoms with E-state index in [4.69, 9.17) is 14.6 Å². The van der Waals surface area contributed by atoms with Gasteiger partial charge in [-0.15, -0.1) is 0 Å². The largest absolute Gasteiger partial charge is 0.494 e. The summed E-state index contributed by atoms with van der Waals surface area (Å²) in [6, 6.07) is -0.885. The molecule has 0 radical (unpaired) electrons. The molecule has 6 nitrogen and oxygen atoms in total. The molecule has 0 spiro atoms. The second kappa shape index (κ2) is 5.99. The number of carbonyl (C=O) groups excluding carboxylic acids is 1. The molecule has 1 aliphatic rings. The molecule has 1 heterocycles. The minimum Gasteiger partial charge on any atom is -0.494 e. The molecule has 0 bridgehead atoms. The Morgan fingerprint density at radius 3 is 2.81 bits per heavy atom. The van der Waals surface area contributed by atoms with Crippen molar-refractivity contribution in [2.45, 2.75) is 25.8 Å². The second-order valence-electron chi connectivity index (χ2n) is 3.35. The Balaban J connectivity index is 2.53. The summed E-state index contributed by atoms with van der Waals surface area (Å²) in [5, 5.41) is 11.2. The van der Waals surface area contributed by atoms with E-state index in [2.05, 4.69) is 5.32 Å². The molecular formula is C10H15NO5. The molecule has 6 heteroatoms. The molecule has 0 aromatic rings. The highest BCUT2D eigenvalue weighted by Crippen LogP contribution is 2.06. The highest BCUT2D eigenvalue weighted by atomic mass is 16.6. The Kier molecular flexibility index (Phi) is 4.63. The van der Waals surface area contributed by atoms with Crippen molar-refractivity contribution in [2.24, 2.45) is 0 Å². The van der Waals surface area contributed by atoms with Crippen LogP contribution in [0.2, 0.25) is 0 Å². The molecule has 0 unspecified atom stereocenters. The van der Waals surface area contributed by atoms with Crippen molar-refractivity contribution >= 4 is 11.9 Å². The Morgan fingerprint density at radius 2 is 2.31 bits per heavy atom. The summed E-state index contributed by atoms with van der Waals surface area (Å²) < 4.78 is 9.94. The van der Waals surface area contributed by atoms with Gasteiger partial charge in [0.1, 0.15) is 25.5 Å². The van der Waals surface area contributed by atoms with Crippen LogP contribution in [0.1, 0.15) is 19.8 Å². The first kappa shape index (κ1) is 12.4. The van der Waals surface area contributed by atoms with Crippen LogP contribution >= 0.6 is 0 Å². The summed E-state index contributed by atoms with van der Waals surface area (Å²) in [4.78, 5) is 22.3. The first-order valence-electron chi connectivity index (χ1n) is 5.13. The number of hydrogen-bond acceptors (Lipinski definition) is 4. The molecule has 1 atom stereocenters. The molecule has 1 rings (SSSR count). The van der Waals surface area contributed by atoms with Gasteiger partial charge in [0.2, 0.25) is 5.76 Å². The average molecular weight is 229 g/mol. The molecule has 16 heavy (non-hydrogen) atoms. The number of aliphatic carboxylic acids is 1.